The number of benzene rings is 1. The van der Waals surface area contributed by atoms with Crippen LogP contribution in [-0.4, -0.2) is 27.7 Å². The van der Waals surface area contributed by atoms with E-state index in [9.17, 15) is 4.79 Å². The van der Waals surface area contributed by atoms with Crippen molar-refractivity contribution in [3.63, 3.8) is 0 Å². The van der Waals surface area contributed by atoms with Crippen LogP contribution in [0.4, 0.5) is 0 Å². The normalized spacial score (nSPS) is 10.2. The van der Waals surface area contributed by atoms with Gasteiger partial charge in [-0.05, 0) is 6.92 Å². The molecule has 0 fully saturated rings. The van der Waals surface area contributed by atoms with E-state index in [-0.39, 0.29) is 13.0 Å². The third kappa shape index (κ3) is 3.77. The van der Waals surface area contributed by atoms with Gasteiger partial charge in [-0.2, -0.15) is 4.98 Å². The van der Waals surface area contributed by atoms with Crippen LogP contribution in [0.15, 0.2) is 36.4 Å². The van der Waals surface area contributed by atoms with E-state index in [4.69, 9.17) is 9.84 Å². The number of carboxylic acid groups (broad SMARTS) is 1. The summed E-state index contributed by atoms with van der Waals surface area (Å²) in [5.74, 6) is 0.0765. The van der Waals surface area contributed by atoms with Crippen molar-refractivity contribution in [2.24, 2.45) is 0 Å². The van der Waals surface area contributed by atoms with Crippen molar-refractivity contribution in [1.82, 2.24) is 9.97 Å². The Balaban J connectivity index is 2.18. The monoisotopic (exact) mass is 258 g/mol. The van der Waals surface area contributed by atoms with Gasteiger partial charge in [0.1, 0.15) is 6.61 Å². The molecule has 2 aromatic rings. The zero-order valence-electron chi connectivity index (χ0n) is 10.5. The minimum absolute atomic E-state index is 0.0519. The number of nitrogens with zero attached hydrogens (tertiary/aromatic N) is 2. The molecule has 1 heterocycles. The van der Waals surface area contributed by atoms with Crippen molar-refractivity contribution in [3.8, 4) is 17.3 Å². The molecule has 0 spiro atoms. The molecule has 19 heavy (non-hydrogen) atoms. The average molecular weight is 258 g/mol. The highest BCUT2D eigenvalue weighted by Crippen LogP contribution is 2.18. The molecular weight excluding hydrogens is 244 g/mol. The molecule has 0 amide bonds. The number of hydrogen-bond acceptors (Lipinski definition) is 4. The van der Waals surface area contributed by atoms with Gasteiger partial charge in [-0.1, -0.05) is 30.3 Å². The number of aliphatic carboxylic acids is 1. The summed E-state index contributed by atoms with van der Waals surface area (Å²) in [4.78, 5) is 19.0. The van der Waals surface area contributed by atoms with Gasteiger partial charge in [0.2, 0.25) is 5.88 Å². The lowest BCUT2D eigenvalue weighted by Gasteiger charge is -2.07. The Hall–Kier alpha value is -2.43. The van der Waals surface area contributed by atoms with Gasteiger partial charge in [-0.3, -0.25) is 4.79 Å². The highest BCUT2D eigenvalue weighted by molar-refractivity contribution is 5.66. The number of ether oxygens (including phenoxy) is 1. The largest absolute Gasteiger partial charge is 0.481 e. The lowest BCUT2D eigenvalue weighted by Crippen LogP contribution is -2.06. The summed E-state index contributed by atoms with van der Waals surface area (Å²) in [7, 11) is 0. The first-order chi connectivity index (χ1) is 9.15. The second-order valence-corrected chi connectivity index (χ2v) is 4.03. The maximum Gasteiger partial charge on any atom is 0.306 e. The van der Waals surface area contributed by atoms with Gasteiger partial charge < -0.3 is 9.84 Å². The highest BCUT2D eigenvalue weighted by Gasteiger charge is 2.06. The van der Waals surface area contributed by atoms with Crippen LogP contribution in [0.25, 0.3) is 11.4 Å². The predicted octanol–water partition coefficient (Wildman–Crippen LogP) is 2.31. The van der Waals surface area contributed by atoms with Crippen molar-refractivity contribution in [2.45, 2.75) is 13.3 Å². The van der Waals surface area contributed by atoms with Crippen molar-refractivity contribution in [3.05, 3.63) is 42.1 Å². The molecule has 1 N–H and O–H groups in total. The maximum absolute atomic E-state index is 10.4. The summed E-state index contributed by atoms with van der Waals surface area (Å²) in [5.41, 5.74) is 1.67. The molecule has 0 aliphatic carbocycles. The van der Waals surface area contributed by atoms with Crippen LogP contribution in [0, 0.1) is 6.92 Å². The molecule has 5 heteroatoms. The summed E-state index contributed by atoms with van der Waals surface area (Å²) in [6, 6.07) is 11.3. The average Bonchev–Trinajstić information content (AvgIpc) is 2.39. The highest BCUT2D eigenvalue weighted by atomic mass is 16.5. The Morgan fingerprint density at radius 3 is 2.68 bits per heavy atom. The minimum Gasteiger partial charge on any atom is -0.481 e. The van der Waals surface area contributed by atoms with Crippen LogP contribution < -0.4 is 4.74 Å². The SMILES string of the molecule is Cc1cc(OCCC(=O)O)nc(-c2ccccc2)n1. The lowest BCUT2D eigenvalue weighted by atomic mass is 10.2. The zero-order valence-corrected chi connectivity index (χ0v) is 10.5. The molecule has 0 atom stereocenters. The molecule has 5 nitrogen and oxygen atoms in total. The summed E-state index contributed by atoms with van der Waals surface area (Å²) in [6.45, 7) is 1.94. The first-order valence-electron chi connectivity index (χ1n) is 5.91. The van der Waals surface area contributed by atoms with Gasteiger partial charge in [0, 0.05) is 17.3 Å². The summed E-state index contributed by atoms with van der Waals surface area (Å²) in [5, 5.41) is 8.57. The fraction of sp³-hybridized carbons (Fsp3) is 0.214. The first kappa shape index (κ1) is 13.0. The lowest BCUT2D eigenvalue weighted by molar-refractivity contribution is -0.137. The van der Waals surface area contributed by atoms with Gasteiger partial charge >= 0.3 is 5.97 Å². The summed E-state index contributed by atoms with van der Waals surface area (Å²) >= 11 is 0. The number of carboxylic acids is 1. The van der Waals surface area contributed by atoms with E-state index in [0.717, 1.165) is 11.3 Å². The van der Waals surface area contributed by atoms with Crippen molar-refractivity contribution in [1.29, 1.82) is 0 Å². The van der Waals surface area contributed by atoms with Crippen molar-refractivity contribution < 1.29 is 14.6 Å². The maximum atomic E-state index is 10.4. The number of aromatic nitrogens is 2. The summed E-state index contributed by atoms with van der Waals surface area (Å²) in [6.07, 6.45) is -0.0519. The molecule has 1 aromatic carbocycles. The predicted molar refractivity (Wildman–Crippen MR) is 70.0 cm³/mol. The van der Waals surface area contributed by atoms with Crippen molar-refractivity contribution in [2.75, 3.05) is 6.61 Å². The molecule has 0 unspecified atom stereocenters. The molecule has 0 bridgehead atoms. The number of hydrogen-bond donors (Lipinski definition) is 1. The first-order valence-corrected chi connectivity index (χ1v) is 5.91. The van der Waals surface area contributed by atoms with Crippen LogP contribution >= 0.6 is 0 Å². The van der Waals surface area contributed by atoms with Gasteiger partial charge in [0.15, 0.2) is 5.82 Å². The van der Waals surface area contributed by atoms with Gasteiger partial charge in [-0.15, -0.1) is 0 Å². The van der Waals surface area contributed by atoms with Crippen molar-refractivity contribution >= 4 is 5.97 Å². The Morgan fingerprint density at radius 1 is 1.26 bits per heavy atom. The molecular formula is C14H14N2O3. The third-order valence-electron chi connectivity index (χ3n) is 2.43. The molecule has 98 valence electrons. The Bertz CT molecular complexity index is 570. The molecule has 0 radical (unpaired) electrons. The second-order valence-electron chi connectivity index (χ2n) is 4.03. The minimum atomic E-state index is -0.894. The van der Waals surface area contributed by atoms with Gasteiger partial charge in [0.05, 0.1) is 6.42 Å². The topological polar surface area (TPSA) is 72.3 Å². The Morgan fingerprint density at radius 2 is 2.00 bits per heavy atom. The van der Waals surface area contributed by atoms with Gasteiger partial charge in [-0.25, -0.2) is 4.98 Å². The van der Waals surface area contributed by atoms with E-state index in [1.165, 1.54) is 0 Å². The Kier molecular flexibility index (Phi) is 4.07. The second kappa shape index (κ2) is 5.95. The third-order valence-corrected chi connectivity index (χ3v) is 2.43. The zero-order chi connectivity index (χ0) is 13.7. The van der Waals surface area contributed by atoms with E-state index in [1.807, 2.05) is 37.3 Å². The van der Waals surface area contributed by atoms with Crippen LogP contribution in [0.1, 0.15) is 12.1 Å². The van der Waals surface area contributed by atoms with Crippen LogP contribution in [0.5, 0.6) is 5.88 Å². The number of carbonyl (C=O) groups is 1. The molecule has 0 aliphatic heterocycles. The fourth-order valence-electron chi connectivity index (χ4n) is 1.57. The van der Waals surface area contributed by atoms with Gasteiger partial charge in [0.25, 0.3) is 0 Å². The quantitative estimate of drug-likeness (QED) is 0.890. The fourth-order valence-corrected chi connectivity index (χ4v) is 1.57. The van der Waals surface area contributed by atoms with Crippen LogP contribution in [0.3, 0.4) is 0 Å². The molecule has 0 saturated carbocycles. The van der Waals surface area contributed by atoms with E-state index in [1.54, 1.807) is 6.07 Å². The molecule has 0 saturated heterocycles. The van der Waals surface area contributed by atoms with Crippen LogP contribution in [0.2, 0.25) is 0 Å². The van der Waals surface area contributed by atoms with E-state index in [2.05, 4.69) is 9.97 Å². The molecule has 0 aliphatic rings. The van der Waals surface area contributed by atoms with E-state index in [0.29, 0.717) is 11.7 Å². The van der Waals surface area contributed by atoms with E-state index < -0.39 is 5.97 Å². The summed E-state index contributed by atoms with van der Waals surface area (Å²) < 4.78 is 5.33. The van der Waals surface area contributed by atoms with Crippen LogP contribution in [-0.2, 0) is 4.79 Å². The Labute approximate surface area is 110 Å². The standard InChI is InChI=1S/C14H14N2O3/c1-10-9-12(19-8-7-13(17)18)16-14(15-10)11-5-3-2-4-6-11/h2-6,9H,7-8H2,1H3,(H,17,18). The number of aryl methyl sites for hydroxylation is 1. The number of rotatable bonds is 5. The smallest absolute Gasteiger partial charge is 0.306 e. The molecule has 1 aromatic heterocycles. The molecule has 2 rings (SSSR count). The van der Waals surface area contributed by atoms with E-state index >= 15 is 0 Å².